The Labute approximate surface area is 112 Å². The number of hydrogen-bond acceptors (Lipinski definition) is 2. The second kappa shape index (κ2) is 5.30. The highest BCUT2D eigenvalue weighted by Crippen LogP contribution is 2.33. The summed E-state index contributed by atoms with van der Waals surface area (Å²) in [6.45, 7) is 0. The molecule has 1 fully saturated rings. The first-order valence-electron chi connectivity index (χ1n) is 6.12. The number of benzene rings is 1. The summed E-state index contributed by atoms with van der Waals surface area (Å²) >= 11 is 0. The van der Waals surface area contributed by atoms with Gasteiger partial charge in [-0.05, 0) is 37.5 Å². The van der Waals surface area contributed by atoms with Gasteiger partial charge in [0.1, 0.15) is 6.17 Å². The predicted molar refractivity (Wildman–Crippen MR) is 64.6 cm³/mol. The van der Waals surface area contributed by atoms with E-state index in [4.69, 9.17) is 5.11 Å². The van der Waals surface area contributed by atoms with E-state index in [9.17, 15) is 22.4 Å². The number of carboxylic acids is 1. The van der Waals surface area contributed by atoms with Gasteiger partial charge in [0.15, 0.2) is 0 Å². The summed E-state index contributed by atoms with van der Waals surface area (Å²) in [5, 5.41) is 11.7. The lowest BCUT2D eigenvalue weighted by Crippen LogP contribution is -2.19. The first-order chi connectivity index (χ1) is 9.27. The third kappa shape index (κ3) is 3.20. The lowest BCUT2D eigenvalue weighted by Gasteiger charge is -2.17. The normalized spacial score (nSPS) is 22.8. The number of carboxylic acid groups (broad SMARTS) is 1. The van der Waals surface area contributed by atoms with E-state index in [0.29, 0.717) is 12.8 Å². The van der Waals surface area contributed by atoms with E-state index in [0.717, 1.165) is 18.2 Å². The van der Waals surface area contributed by atoms with Gasteiger partial charge in [0.25, 0.3) is 0 Å². The number of carbonyl (C=O) groups is 1. The molecular weight excluding hydrogens is 278 g/mol. The van der Waals surface area contributed by atoms with E-state index in [1.165, 1.54) is 0 Å². The van der Waals surface area contributed by atoms with Crippen LogP contribution in [0.2, 0.25) is 0 Å². The van der Waals surface area contributed by atoms with Gasteiger partial charge in [0.05, 0.1) is 11.1 Å². The maximum Gasteiger partial charge on any atom is 0.416 e. The fourth-order valence-electron chi connectivity index (χ4n) is 2.30. The van der Waals surface area contributed by atoms with Crippen LogP contribution in [0.25, 0.3) is 0 Å². The molecule has 0 bridgehead atoms. The molecule has 0 amide bonds. The molecule has 1 saturated carbocycles. The van der Waals surface area contributed by atoms with Crippen LogP contribution in [0.5, 0.6) is 0 Å². The first-order valence-corrected chi connectivity index (χ1v) is 6.12. The van der Waals surface area contributed by atoms with Gasteiger partial charge < -0.3 is 10.4 Å². The predicted octanol–water partition coefficient (Wildman–Crippen LogP) is 3.71. The topological polar surface area (TPSA) is 49.3 Å². The first kappa shape index (κ1) is 14.6. The van der Waals surface area contributed by atoms with E-state index < -0.39 is 23.9 Å². The molecule has 110 valence electrons. The quantitative estimate of drug-likeness (QED) is 0.835. The van der Waals surface area contributed by atoms with Crippen LogP contribution in [0.15, 0.2) is 18.2 Å². The standard InChI is InChI=1S/C13H13F4NO2/c14-8-2-3-9(6-8)18-11-5-7(13(15,16)17)1-4-10(11)12(19)20/h1,4-5,8-9,18H,2-3,6H2,(H,19,20). The van der Waals surface area contributed by atoms with E-state index in [1.54, 1.807) is 0 Å². The van der Waals surface area contributed by atoms with E-state index >= 15 is 0 Å². The Kier molecular flexibility index (Phi) is 3.87. The van der Waals surface area contributed by atoms with Crippen molar-refractivity contribution in [1.82, 2.24) is 0 Å². The molecule has 2 rings (SSSR count). The molecule has 0 aromatic heterocycles. The molecule has 1 aliphatic carbocycles. The Bertz CT molecular complexity index is 516. The third-order valence-corrected chi connectivity index (χ3v) is 3.31. The molecule has 3 nitrogen and oxygen atoms in total. The second-order valence-corrected chi connectivity index (χ2v) is 4.81. The molecule has 2 N–H and O–H groups in total. The van der Waals surface area contributed by atoms with Crippen LogP contribution in [-0.4, -0.2) is 23.3 Å². The minimum Gasteiger partial charge on any atom is -0.478 e. The van der Waals surface area contributed by atoms with Gasteiger partial charge in [-0.15, -0.1) is 0 Å². The van der Waals surface area contributed by atoms with E-state index in [2.05, 4.69) is 5.32 Å². The van der Waals surface area contributed by atoms with Crippen LogP contribution in [0.3, 0.4) is 0 Å². The molecule has 0 aliphatic heterocycles. The van der Waals surface area contributed by atoms with Gasteiger partial charge in [-0.25, -0.2) is 9.18 Å². The monoisotopic (exact) mass is 291 g/mol. The Morgan fingerprint density at radius 2 is 2.00 bits per heavy atom. The molecule has 20 heavy (non-hydrogen) atoms. The summed E-state index contributed by atoms with van der Waals surface area (Å²) in [6, 6.07) is 2.05. The summed E-state index contributed by atoms with van der Waals surface area (Å²) in [6.07, 6.45) is -4.57. The van der Waals surface area contributed by atoms with Crippen molar-refractivity contribution in [3.63, 3.8) is 0 Å². The number of anilines is 1. The van der Waals surface area contributed by atoms with Crippen LogP contribution < -0.4 is 5.32 Å². The van der Waals surface area contributed by atoms with Gasteiger partial charge in [-0.1, -0.05) is 0 Å². The zero-order valence-corrected chi connectivity index (χ0v) is 10.4. The highest BCUT2D eigenvalue weighted by molar-refractivity contribution is 5.94. The van der Waals surface area contributed by atoms with Crippen molar-refractivity contribution < 1.29 is 27.5 Å². The number of nitrogens with one attached hydrogen (secondary N) is 1. The van der Waals surface area contributed by atoms with Crippen molar-refractivity contribution in [2.24, 2.45) is 0 Å². The lowest BCUT2D eigenvalue weighted by atomic mass is 10.1. The summed E-state index contributed by atoms with van der Waals surface area (Å²) in [7, 11) is 0. The average Bonchev–Trinajstić information content (AvgIpc) is 2.73. The van der Waals surface area contributed by atoms with Gasteiger partial charge in [0, 0.05) is 11.7 Å². The maximum absolute atomic E-state index is 13.1. The van der Waals surface area contributed by atoms with Crippen molar-refractivity contribution in [2.75, 3.05) is 5.32 Å². The summed E-state index contributed by atoms with van der Waals surface area (Å²) in [5.74, 6) is -1.32. The van der Waals surface area contributed by atoms with Crippen LogP contribution in [0, 0.1) is 0 Å². The molecule has 1 aromatic rings. The highest BCUT2D eigenvalue weighted by Gasteiger charge is 2.32. The number of rotatable bonds is 3. The number of halogens is 4. The molecule has 1 aromatic carbocycles. The molecule has 0 radical (unpaired) electrons. The van der Waals surface area contributed by atoms with Crippen LogP contribution in [-0.2, 0) is 6.18 Å². The number of alkyl halides is 4. The summed E-state index contributed by atoms with van der Waals surface area (Å²) in [5.41, 5.74) is -1.30. The van der Waals surface area contributed by atoms with Crippen molar-refractivity contribution in [1.29, 1.82) is 0 Å². The second-order valence-electron chi connectivity index (χ2n) is 4.81. The molecule has 2 atom stereocenters. The lowest BCUT2D eigenvalue weighted by molar-refractivity contribution is -0.137. The smallest absolute Gasteiger partial charge is 0.416 e. The fourth-order valence-corrected chi connectivity index (χ4v) is 2.30. The molecule has 0 heterocycles. The zero-order chi connectivity index (χ0) is 14.9. The molecule has 1 aliphatic rings. The van der Waals surface area contributed by atoms with Crippen LogP contribution >= 0.6 is 0 Å². The van der Waals surface area contributed by atoms with Gasteiger partial charge in [-0.2, -0.15) is 13.2 Å². The minimum absolute atomic E-state index is 0.119. The van der Waals surface area contributed by atoms with Crippen molar-refractivity contribution in [2.45, 2.75) is 37.7 Å². The van der Waals surface area contributed by atoms with Gasteiger partial charge >= 0.3 is 12.1 Å². The van der Waals surface area contributed by atoms with E-state index in [1.807, 2.05) is 0 Å². The summed E-state index contributed by atoms with van der Waals surface area (Å²) < 4.78 is 51.0. The Hall–Kier alpha value is -1.79. The Morgan fingerprint density at radius 1 is 1.30 bits per heavy atom. The van der Waals surface area contributed by atoms with Gasteiger partial charge in [-0.3, -0.25) is 0 Å². The largest absolute Gasteiger partial charge is 0.478 e. The third-order valence-electron chi connectivity index (χ3n) is 3.31. The Balaban J connectivity index is 2.30. The van der Waals surface area contributed by atoms with Crippen LogP contribution in [0.4, 0.5) is 23.2 Å². The van der Waals surface area contributed by atoms with Crippen molar-refractivity contribution in [3.05, 3.63) is 29.3 Å². The molecular formula is C13H13F4NO2. The number of hydrogen-bond donors (Lipinski definition) is 2. The minimum atomic E-state index is -4.55. The zero-order valence-electron chi connectivity index (χ0n) is 10.4. The van der Waals surface area contributed by atoms with Gasteiger partial charge in [0.2, 0.25) is 0 Å². The highest BCUT2D eigenvalue weighted by atomic mass is 19.4. The SMILES string of the molecule is O=C(O)c1ccc(C(F)(F)F)cc1NC1CCC(F)C1. The van der Waals surface area contributed by atoms with Crippen LogP contribution in [0.1, 0.15) is 35.2 Å². The fraction of sp³-hybridized carbons (Fsp3) is 0.462. The maximum atomic E-state index is 13.1. The Morgan fingerprint density at radius 3 is 2.50 bits per heavy atom. The molecule has 0 saturated heterocycles. The average molecular weight is 291 g/mol. The summed E-state index contributed by atoms with van der Waals surface area (Å²) in [4.78, 5) is 11.0. The molecule has 7 heteroatoms. The molecule has 0 spiro atoms. The van der Waals surface area contributed by atoms with Crippen molar-refractivity contribution in [3.8, 4) is 0 Å². The number of aromatic carboxylic acids is 1. The molecule has 2 unspecified atom stereocenters. The van der Waals surface area contributed by atoms with Crippen molar-refractivity contribution >= 4 is 11.7 Å². The van der Waals surface area contributed by atoms with E-state index in [-0.39, 0.29) is 23.7 Å².